The Morgan fingerprint density at radius 1 is 1.47 bits per heavy atom. The molecule has 98 valence electrons. The second kappa shape index (κ2) is 5.36. The molecule has 17 heavy (non-hydrogen) atoms. The number of rotatable bonds is 3. The number of carbonyl (C=O) groups is 1. The molecule has 1 heterocycles. The van der Waals surface area contributed by atoms with Crippen LogP contribution >= 0.6 is 0 Å². The third-order valence-electron chi connectivity index (χ3n) is 4.45. The van der Waals surface area contributed by atoms with E-state index >= 15 is 0 Å². The zero-order valence-electron chi connectivity index (χ0n) is 10.8. The first-order chi connectivity index (χ1) is 8.23. The Kier molecular flexibility index (Phi) is 4.05. The van der Waals surface area contributed by atoms with Crippen molar-refractivity contribution < 1.29 is 9.53 Å². The van der Waals surface area contributed by atoms with E-state index < -0.39 is 0 Å². The largest absolute Gasteiger partial charge is 0.377 e. The van der Waals surface area contributed by atoms with Crippen molar-refractivity contribution in [3.05, 3.63) is 0 Å². The molecular weight excluding hydrogens is 216 g/mol. The highest BCUT2D eigenvalue weighted by Crippen LogP contribution is 2.42. The minimum Gasteiger partial charge on any atom is -0.377 e. The molecule has 1 amide bonds. The van der Waals surface area contributed by atoms with Crippen LogP contribution in [0.5, 0.6) is 0 Å². The van der Waals surface area contributed by atoms with E-state index in [0.717, 1.165) is 19.3 Å². The average Bonchev–Trinajstić information content (AvgIpc) is 2.88. The standard InChI is InChI=1S/C13H24N2O2/c1-2-13(5-3-4-6-13)12(16)15-7-8-17-10-11(15)9-14/h11H,2-10,14H2,1H3. The molecule has 0 radical (unpaired) electrons. The molecule has 1 aliphatic heterocycles. The van der Waals surface area contributed by atoms with Crippen LogP contribution in [0, 0.1) is 5.41 Å². The first kappa shape index (κ1) is 12.8. The van der Waals surface area contributed by atoms with Crippen molar-refractivity contribution in [1.82, 2.24) is 4.90 Å². The lowest BCUT2D eigenvalue weighted by Crippen LogP contribution is -2.56. The Balaban J connectivity index is 2.11. The van der Waals surface area contributed by atoms with Gasteiger partial charge in [0.1, 0.15) is 0 Å². The number of ether oxygens (including phenoxy) is 1. The minimum absolute atomic E-state index is 0.0836. The maximum atomic E-state index is 12.7. The number of hydrogen-bond acceptors (Lipinski definition) is 3. The molecule has 1 saturated carbocycles. The maximum absolute atomic E-state index is 12.7. The van der Waals surface area contributed by atoms with Gasteiger partial charge in [-0.2, -0.15) is 0 Å². The zero-order valence-corrected chi connectivity index (χ0v) is 10.8. The molecule has 1 saturated heterocycles. The molecule has 0 aromatic carbocycles. The van der Waals surface area contributed by atoms with Crippen molar-refractivity contribution in [2.45, 2.75) is 45.1 Å². The van der Waals surface area contributed by atoms with Gasteiger partial charge >= 0.3 is 0 Å². The summed E-state index contributed by atoms with van der Waals surface area (Å²) in [5, 5.41) is 0. The molecule has 0 spiro atoms. The molecule has 2 aliphatic rings. The van der Waals surface area contributed by atoms with Crippen LogP contribution in [0.1, 0.15) is 39.0 Å². The molecule has 0 aromatic heterocycles. The first-order valence-electron chi connectivity index (χ1n) is 6.82. The Bertz CT molecular complexity index is 275. The first-order valence-corrected chi connectivity index (χ1v) is 6.82. The summed E-state index contributed by atoms with van der Waals surface area (Å²) in [5.41, 5.74) is 5.65. The summed E-state index contributed by atoms with van der Waals surface area (Å²) in [6, 6.07) is 0.0836. The smallest absolute Gasteiger partial charge is 0.229 e. The Hall–Kier alpha value is -0.610. The van der Waals surface area contributed by atoms with Crippen molar-refractivity contribution in [2.24, 2.45) is 11.1 Å². The summed E-state index contributed by atoms with van der Waals surface area (Å²) >= 11 is 0. The van der Waals surface area contributed by atoms with Crippen molar-refractivity contribution in [3.63, 3.8) is 0 Å². The Labute approximate surface area is 103 Å². The van der Waals surface area contributed by atoms with Crippen molar-refractivity contribution in [2.75, 3.05) is 26.3 Å². The molecule has 1 unspecified atom stereocenters. The lowest BCUT2D eigenvalue weighted by molar-refractivity contribution is -0.150. The van der Waals surface area contributed by atoms with Gasteiger partial charge in [0.2, 0.25) is 5.91 Å². The molecule has 2 fully saturated rings. The number of carbonyl (C=O) groups excluding carboxylic acids is 1. The van der Waals surface area contributed by atoms with Crippen LogP contribution in [-0.4, -0.2) is 43.2 Å². The summed E-state index contributed by atoms with van der Waals surface area (Å²) in [4.78, 5) is 14.7. The monoisotopic (exact) mass is 240 g/mol. The van der Waals surface area contributed by atoms with E-state index in [1.807, 2.05) is 4.90 Å². The van der Waals surface area contributed by atoms with Gasteiger partial charge in [-0.25, -0.2) is 0 Å². The summed E-state index contributed by atoms with van der Waals surface area (Å²) in [6.45, 7) is 4.61. The van der Waals surface area contributed by atoms with Crippen LogP contribution in [0.4, 0.5) is 0 Å². The van der Waals surface area contributed by atoms with Gasteiger partial charge < -0.3 is 15.4 Å². The van der Waals surface area contributed by atoms with Gasteiger partial charge in [0.25, 0.3) is 0 Å². The third-order valence-corrected chi connectivity index (χ3v) is 4.45. The lowest BCUT2D eigenvalue weighted by atomic mass is 9.81. The molecule has 0 aromatic rings. The predicted octanol–water partition coefficient (Wildman–Crippen LogP) is 1.14. The molecule has 1 atom stereocenters. The van der Waals surface area contributed by atoms with E-state index in [1.165, 1.54) is 12.8 Å². The topological polar surface area (TPSA) is 55.6 Å². The van der Waals surface area contributed by atoms with Gasteiger partial charge in [-0.1, -0.05) is 19.8 Å². The highest BCUT2D eigenvalue weighted by molar-refractivity contribution is 5.83. The fourth-order valence-electron chi connectivity index (χ4n) is 3.19. The van der Waals surface area contributed by atoms with Gasteiger partial charge in [-0.05, 0) is 19.3 Å². The molecule has 0 bridgehead atoms. The number of hydrogen-bond donors (Lipinski definition) is 1. The van der Waals surface area contributed by atoms with E-state index in [1.54, 1.807) is 0 Å². The molecule has 2 N–H and O–H groups in total. The fourth-order valence-corrected chi connectivity index (χ4v) is 3.19. The normalized spacial score (nSPS) is 28.4. The number of nitrogens with zero attached hydrogens (tertiary/aromatic N) is 1. The predicted molar refractivity (Wildman–Crippen MR) is 66.6 cm³/mol. The minimum atomic E-state index is -0.0925. The van der Waals surface area contributed by atoms with Crippen LogP contribution in [0.15, 0.2) is 0 Å². The summed E-state index contributed by atoms with van der Waals surface area (Å²) in [7, 11) is 0. The van der Waals surface area contributed by atoms with E-state index in [-0.39, 0.29) is 11.5 Å². The fraction of sp³-hybridized carbons (Fsp3) is 0.923. The van der Waals surface area contributed by atoms with E-state index in [9.17, 15) is 4.79 Å². The van der Waals surface area contributed by atoms with Crippen LogP contribution in [0.25, 0.3) is 0 Å². The lowest BCUT2D eigenvalue weighted by Gasteiger charge is -2.40. The highest BCUT2D eigenvalue weighted by Gasteiger charge is 2.43. The van der Waals surface area contributed by atoms with E-state index in [0.29, 0.717) is 32.2 Å². The van der Waals surface area contributed by atoms with Crippen molar-refractivity contribution in [3.8, 4) is 0 Å². The van der Waals surface area contributed by atoms with Crippen LogP contribution < -0.4 is 5.73 Å². The quantitative estimate of drug-likeness (QED) is 0.805. The Morgan fingerprint density at radius 2 is 2.18 bits per heavy atom. The SMILES string of the molecule is CCC1(C(=O)N2CCOCC2CN)CCCC1. The van der Waals surface area contributed by atoms with Crippen LogP contribution in [0.2, 0.25) is 0 Å². The molecular formula is C13H24N2O2. The highest BCUT2D eigenvalue weighted by atomic mass is 16.5. The van der Waals surface area contributed by atoms with Gasteiger partial charge in [-0.3, -0.25) is 4.79 Å². The Morgan fingerprint density at radius 3 is 2.76 bits per heavy atom. The van der Waals surface area contributed by atoms with Gasteiger partial charge in [-0.15, -0.1) is 0 Å². The van der Waals surface area contributed by atoms with Crippen LogP contribution in [0.3, 0.4) is 0 Å². The van der Waals surface area contributed by atoms with Gasteiger partial charge in [0.15, 0.2) is 0 Å². The second-order valence-corrected chi connectivity index (χ2v) is 5.30. The molecule has 2 rings (SSSR count). The second-order valence-electron chi connectivity index (χ2n) is 5.30. The van der Waals surface area contributed by atoms with Gasteiger partial charge in [0, 0.05) is 18.5 Å². The van der Waals surface area contributed by atoms with E-state index in [2.05, 4.69) is 6.92 Å². The van der Waals surface area contributed by atoms with Crippen LogP contribution in [-0.2, 0) is 9.53 Å². The number of amides is 1. The average molecular weight is 240 g/mol. The summed E-state index contributed by atoms with van der Waals surface area (Å²) < 4.78 is 5.41. The van der Waals surface area contributed by atoms with Crippen molar-refractivity contribution >= 4 is 5.91 Å². The molecule has 1 aliphatic carbocycles. The van der Waals surface area contributed by atoms with E-state index in [4.69, 9.17) is 10.5 Å². The molecule has 4 nitrogen and oxygen atoms in total. The third kappa shape index (κ3) is 2.33. The van der Waals surface area contributed by atoms with Crippen molar-refractivity contribution in [1.29, 1.82) is 0 Å². The summed E-state index contributed by atoms with van der Waals surface area (Å²) in [6.07, 6.45) is 5.45. The number of nitrogens with two attached hydrogens (primary N) is 1. The summed E-state index contributed by atoms with van der Waals surface area (Å²) in [5.74, 6) is 0.330. The zero-order chi connectivity index (χ0) is 12.3. The van der Waals surface area contributed by atoms with Gasteiger partial charge in [0.05, 0.1) is 19.3 Å². The maximum Gasteiger partial charge on any atom is 0.229 e. The molecule has 4 heteroatoms. The number of morpholine rings is 1.